The van der Waals surface area contributed by atoms with Crippen LogP contribution in [0.1, 0.15) is 11.1 Å². The van der Waals surface area contributed by atoms with Crippen LogP contribution in [0.25, 0.3) is 0 Å². The fourth-order valence-corrected chi connectivity index (χ4v) is 2.36. The van der Waals surface area contributed by atoms with E-state index in [1.54, 1.807) is 18.3 Å². The summed E-state index contributed by atoms with van der Waals surface area (Å²) in [6.07, 6.45) is 1.69. The maximum absolute atomic E-state index is 14.1. The molecule has 0 amide bonds. The number of nitrogens with zero attached hydrogens (tertiary/aromatic N) is 2. The van der Waals surface area contributed by atoms with Crippen LogP contribution < -0.4 is 5.73 Å². The van der Waals surface area contributed by atoms with E-state index in [2.05, 4.69) is 10.1 Å². The molecule has 2 aromatic rings. The Hall–Kier alpha value is -2.08. The Morgan fingerprint density at radius 2 is 2.16 bits per heavy atom. The zero-order valence-electron chi connectivity index (χ0n) is 9.95. The second-order valence-corrected chi connectivity index (χ2v) is 4.72. The molecule has 19 heavy (non-hydrogen) atoms. The lowest BCUT2D eigenvalue weighted by atomic mass is 10.1. The van der Waals surface area contributed by atoms with Gasteiger partial charge in [0.2, 0.25) is 0 Å². The third-order valence-corrected chi connectivity index (χ3v) is 3.47. The molecule has 0 unspecified atom stereocenters. The van der Waals surface area contributed by atoms with Crippen LogP contribution in [0.3, 0.4) is 0 Å². The molecular formula is C13H12FN3OS. The Morgan fingerprint density at radius 3 is 2.84 bits per heavy atom. The van der Waals surface area contributed by atoms with Gasteiger partial charge >= 0.3 is 0 Å². The Morgan fingerprint density at radius 1 is 1.32 bits per heavy atom. The molecule has 1 aromatic heterocycles. The monoisotopic (exact) mass is 277 g/mol. The molecule has 3 N–H and O–H groups in total. The number of amidine groups is 1. The van der Waals surface area contributed by atoms with Gasteiger partial charge in [-0.05, 0) is 23.8 Å². The lowest BCUT2D eigenvalue weighted by Gasteiger charge is -2.06. The number of oxime groups is 1. The second-order valence-electron chi connectivity index (χ2n) is 3.72. The van der Waals surface area contributed by atoms with Crippen molar-refractivity contribution in [1.29, 1.82) is 0 Å². The number of rotatable bonds is 4. The lowest BCUT2D eigenvalue weighted by molar-refractivity contribution is 0.318. The van der Waals surface area contributed by atoms with Crippen molar-refractivity contribution in [2.24, 2.45) is 10.9 Å². The van der Waals surface area contributed by atoms with Gasteiger partial charge in [-0.2, -0.15) is 0 Å². The van der Waals surface area contributed by atoms with Gasteiger partial charge in [-0.3, -0.25) is 0 Å². The first-order valence-electron chi connectivity index (χ1n) is 5.51. The molecule has 0 saturated carbocycles. The van der Waals surface area contributed by atoms with Crippen LogP contribution >= 0.6 is 11.8 Å². The smallest absolute Gasteiger partial charge is 0.173 e. The minimum absolute atomic E-state index is 0.0987. The maximum atomic E-state index is 14.1. The summed E-state index contributed by atoms with van der Waals surface area (Å²) >= 11 is 1.42. The number of pyridine rings is 1. The zero-order chi connectivity index (χ0) is 13.7. The molecular weight excluding hydrogens is 265 g/mol. The van der Waals surface area contributed by atoms with E-state index in [4.69, 9.17) is 10.9 Å². The van der Waals surface area contributed by atoms with Gasteiger partial charge in [0.25, 0.3) is 0 Å². The molecule has 0 fully saturated rings. The van der Waals surface area contributed by atoms with Crippen molar-refractivity contribution in [3.05, 3.63) is 59.5 Å². The first-order chi connectivity index (χ1) is 9.22. The van der Waals surface area contributed by atoms with Crippen LogP contribution in [0.4, 0.5) is 4.39 Å². The Labute approximate surface area is 114 Å². The van der Waals surface area contributed by atoms with Crippen LogP contribution in [0.15, 0.2) is 52.8 Å². The predicted molar refractivity (Wildman–Crippen MR) is 72.7 cm³/mol. The van der Waals surface area contributed by atoms with Crippen molar-refractivity contribution in [2.45, 2.75) is 10.8 Å². The van der Waals surface area contributed by atoms with E-state index in [1.807, 2.05) is 18.2 Å². The normalized spacial score (nSPS) is 11.5. The molecule has 98 valence electrons. The van der Waals surface area contributed by atoms with E-state index in [0.29, 0.717) is 11.3 Å². The quantitative estimate of drug-likeness (QED) is 0.296. The molecule has 1 aromatic carbocycles. The summed E-state index contributed by atoms with van der Waals surface area (Å²) in [5.74, 6) is -0.279. The highest BCUT2D eigenvalue weighted by Crippen LogP contribution is 2.23. The lowest BCUT2D eigenvalue weighted by Crippen LogP contribution is -2.15. The van der Waals surface area contributed by atoms with Crippen molar-refractivity contribution < 1.29 is 9.60 Å². The number of hydrogen-bond acceptors (Lipinski definition) is 4. The highest BCUT2D eigenvalue weighted by Gasteiger charge is 2.11. The standard InChI is InChI=1S/C13H12FN3OS/c14-12-9(4-3-5-10(12)13(15)17-18)8-19-11-6-1-2-7-16-11/h1-7,18H,8H2,(H2,15,17). The molecule has 0 aliphatic heterocycles. The fraction of sp³-hybridized carbons (Fsp3) is 0.0769. The van der Waals surface area contributed by atoms with Gasteiger partial charge in [-0.15, -0.1) is 11.8 Å². The molecule has 0 spiro atoms. The van der Waals surface area contributed by atoms with Crippen molar-refractivity contribution >= 4 is 17.6 Å². The first kappa shape index (κ1) is 13.4. The van der Waals surface area contributed by atoms with E-state index in [0.717, 1.165) is 5.03 Å². The molecule has 0 aliphatic rings. The van der Waals surface area contributed by atoms with Crippen LogP contribution in [0, 0.1) is 5.82 Å². The predicted octanol–water partition coefficient (Wildman–Crippen LogP) is 2.61. The highest BCUT2D eigenvalue weighted by molar-refractivity contribution is 7.98. The largest absolute Gasteiger partial charge is 0.409 e. The summed E-state index contributed by atoms with van der Waals surface area (Å²) in [5.41, 5.74) is 6.00. The molecule has 6 heteroatoms. The average molecular weight is 277 g/mol. The number of hydrogen-bond donors (Lipinski definition) is 2. The van der Waals surface area contributed by atoms with Gasteiger partial charge in [-0.25, -0.2) is 9.37 Å². The molecule has 2 rings (SSSR count). The van der Waals surface area contributed by atoms with Gasteiger partial charge in [-0.1, -0.05) is 23.4 Å². The Bertz CT molecular complexity index is 590. The van der Waals surface area contributed by atoms with Gasteiger partial charge < -0.3 is 10.9 Å². The van der Waals surface area contributed by atoms with E-state index in [9.17, 15) is 4.39 Å². The van der Waals surface area contributed by atoms with Crippen LogP contribution in [0.2, 0.25) is 0 Å². The number of benzene rings is 1. The van der Waals surface area contributed by atoms with Crippen molar-refractivity contribution in [2.75, 3.05) is 0 Å². The van der Waals surface area contributed by atoms with E-state index in [1.165, 1.54) is 17.8 Å². The van der Waals surface area contributed by atoms with Crippen molar-refractivity contribution in [1.82, 2.24) is 4.98 Å². The summed E-state index contributed by atoms with van der Waals surface area (Å²) in [5, 5.41) is 12.2. The van der Waals surface area contributed by atoms with Crippen molar-refractivity contribution in [3.63, 3.8) is 0 Å². The Kier molecular flexibility index (Phi) is 4.35. The molecule has 0 atom stereocenters. The topological polar surface area (TPSA) is 71.5 Å². The second kappa shape index (κ2) is 6.19. The van der Waals surface area contributed by atoms with E-state index in [-0.39, 0.29) is 11.4 Å². The minimum atomic E-state index is -0.471. The van der Waals surface area contributed by atoms with Gasteiger partial charge in [0, 0.05) is 11.9 Å². The van der Waals surface area contributed by atoms with Crippen LogP contribution in [0.5, 0.6) is 0 Å². The molecule has 1 heterocycles. The number of halogens is 1. The SMILES string of the molecule is N/C(=N/O)c1cccc(CSc2ccccn2)c1F. The summed E-state index contributed by atoms with van der Waals surface area (Å²) < 4.78 is 14.1. The van der Waals surface area contributed by atoms with Gasteiger partial charge in [0.05, 0.1) is 10.6 Å². The summed E-state index contributed by atoms with van der Waals surface area (Å²) in [6, 6.07) is 10.4. The number of aromatic nitrogens is 1. The summed E-state index contributed by atoms with van der Waals surface area (Å²) in [7, 11) is 0. The molecule has 0 aliphatic carbocycles. The number of nitrogens with two attached hydrogens (primary N) is 1. The van der Waals surface area contributed by atoms with E-state index >= 15 is 0 Å². The maximum Gasteiger partial charge on any atom is 0.173 e. The number of thioether (sulfide) groups is 1. The van der Waals surface area contributed by atoms with E-state index < -0.39 is 5.82 Å². The Balaban J connectivity index is 2.17. The molecule has 0 bridgehead atoms. The molecule has 0 saturated heterocycles. The summed E-state index contributed by atoms with van der Waals surface area (Å²) in [6.45, 7) is 0. The van der Waals surface area contributed by atoms with Gasteiger partial charge in [0.15, 0.2) is 5.84 Å². The van der Waals surface area contributed by atoms with Crippen LogP contribution in [-0.4, -0.2) is 16.0 Å². The fourth-order valence-electron chi connectivity index (χ4n) is 1.53. The average Bonchev–Trinajstić information content (AvgIpc) is 2.46. The van der Waals surface area contributed by atoms with Gasteiger partial charge in [0.1, 0.15) is 5.82 Å². The minimum Gasteiger partial charge on any atom is -0.409 e. The third-order valence-electron chi connectivity index (χ3n) is 2.48. The van der Waals surface area contributed by atoms with Crippen molar-refractivity contribution in [3.8, 4) is 0 Å². The van der Waals surface area contributed by atoms with Crippen LogP contribution in [-0.2, 0) is 5.75 Å². The molecule has 0 radical (unpaired) electrons. The first-order valence-corrected chi connectivity index (χ1v) is 6.50. The third kappa shape index (κ3) is 3.23. The zero-order valence-corrected chi connectivity index (χ0v) is 10.8. The highest BCUT2D eigenvalue weighted by atomic mass is 32.2. The summed E-state index contributed by atoms with van der Waals surface area (Å²) in [4.78, 5) is 4.15. The molecule has 4 nitrogen and oxygen atoms in total.